The van der Waals surface area contributed by atoms with Crippen LogP contribution in [-0.2, 0) is 15.5 Å². The second-order valence-electron chi connectivity index (χ2n) is 4.72. The van der Waals surface area contributed by atoms with Crippen molar-refractivity contribution in [2.45, 2.75) is 38.4 Å². The molecule has 0 N–H and O–H groups in total. The summed E-state index contributed by atoms with van der Waals surface area (Å²) in [4.78, 5) is 0. The summed E-state index contributed by atoms with van der Waals surface area (Å²) in [6.45, 7) is 5.77. The Kier molecular flexibility index (Phi) is 4.15. The SMILES string of the molecule is CCc1ccccc1-c1nnc(S(=O)(=O)Cl)n1C(C)C. The van der Waals surface area contributed by atoms with Gasteiger partial charge in [0.2, 0.25) is 0 Å². The van der Waals surface area contributed by atoms with Crippen LogP contribution >= 0.6 is 10.7 Å². The highest BCUT2D eigenvalue weighted by Gasteiger charge is 2.25. The lowest BCUT2D eigenvalue weighted by Gasteiger charge is -2.14. The number of aromatic nitrogens is 3. The van der Waals surface area contributed by atoms with Crippen molar-refractivity contribution in [3.05, 3.63) is 29.8 Å². The highest BCUT2D eigenvalue weighted by atomic mass is 35.7. The maximum Gasteiger partial charge on any atom is 0.296 e. The maximum atomic E-state index is 11.6. The topological polar surface area (TPSA) is 64.8 Å². The fourth-order valence-corrected chi connectivity index (χ4v) is 3.13. The Hall–Kier alpha value is -1.40. The van der Waals surface area contributed by atoms with Crippen LogP contribution in [0, 0.1) is 0 Å². The van der Waals surface area contributed by atoms with Gasteiger partial charge in [0, 0.05) is 22.3 Å². The number of hydrogen-bond acceptors (Lipinski definition) is 4. The zero-order valence-corrected chi connectivity index (χ0v) is 13.1. The van der Waals surface area contributed by atoms with E-state index in [-0.39, 0.29) is 11.2 Å². The molecular weight excluding hydrogens is 298 g/mol. The first-order chi connectivity index (χ1) is 9.36. The Morgan fingerprint density at radius 1 is 1.25 bits per heavy atom. The van der Waals surface area contributed by atoms with Gasteiger partial charge < -0.3 is 0 Å². The van der Waals surface area contributed by atoms with Crippen LogP contribution in [0.1, 0.15) is 32.4 Å². The molecule has 0 saturated heterocycles. The van der Waals surface area contributed by atoms with Crippen LogP contribution in [0.2, 0.25) is 0 Å². The van der Waals surface area contributed by atoms with Crippen molar-refractivity contribution in [3.8, 4) is 11.4 Å². The molecule has 108 valence electrons. The van der Waals surface area contributed by atoms with E-state index in [2.05, 4.69) is 10.2 Å². The molecule has 7 heteroatoms. The summed E-state index contributed by atoms with van der Waals surface area (Å²) in [6.07, 6.45) is 0.823. The molecule has 0 aliphatic heterocycles. The molecule has 20 heavy (non-hydrogen) atoms. The van der Waals surface area contributed by atoms with E-state index >= 15 is 0 Å². The van der Waals surface area contributed by atoms with Gasteiger partial charge in [-0.3, -0.25) is 4.57 Å². The van der Waals surface area contributed by atoms with E-state index in [9.17, 15) is 8.42 Å². The van der Waals surface area contributed by atoms with Crippen molar-refractivity contribution >= 4 is 19.7 Å². The first-order valence-corrected chi connectivity index (χ1v) is 8.65. The summed E-state index contributed by atoms with van der Waals surface area (Å²) in [5, 5.41) is 7.57. The second kappa shape index (κ2) is 5.54. The normalized spacial score (nSPS) is 12.1. The van der Waals surface area contributed by atoms with Gasteiger partial charge in [0.15, 0.2) is 5.82 Å². The number of benzene rings is 1. The average molecular weight is 314 g/mol. The average Bonchev–Trinajstić information content (AvgIpc) is 2.83. The highest BCUT2D eigenvalue weighted by molar-refractivity contribution is 8.13. The van der Waals surface area contributed by atoms with E-state index in [0.717, 1.165) is 17.5 Å². The Bertz CT molecular complexity index is 723. The largest absolute Gasteiger partial charge is 0.296 e. The molecule has 0 bridgehead atoms. The number of hydrogen-bond donors (Lipinski definition) is 0. The van der Waals surface area contributed by atoms with E-state index in [1.165, 1.54) is 0 Å². The summed E-state index contributed by atoms with van der Waals surface area (Å²) in [6, 6.07) is 7.62. The zero-order valence-electron chi connectivity index (χ0n) is 11.5. The van der Waals surface area contributed by atoms with Crippen LogP contribution in [0.25, 0.3) is 11.4 Å². The summed E-state index contributed by atoms with van der Waals surface area (Å²) in [5.74, 6) is 0.525. The molecule has 1 heterocycles. The molecular formula is C13H16ClN3O2S. The van der Waals surface area contributed by atoms with E-state index in [0.29, 0.717) is 5.82 Å². The summed E-state index contributed by atoms with van der Waals surface area (Å²) in [7, 11) is 1.51. The number of rotatable bonds is 4. The molecule has 5 nitrogen and oxygen atoms in total. The minimum absolute atomic E-state index is 0.117. The Morgan fingerprint density at radius 2 is 1.90 bits per heavy atom. The van der Waals surface area contributed by atoms with Gasteiger partial charge in [-0.05, 0) is 25.8 Å². The van der Waals surface area contributed by atoms with Gasteiger partial charge in [-0.2, -0.15) is 0 Å². The molecule has 0 aliphatic rings. The smallest absolute Gasteiger partial charge is 0.294 e. The third-order valence-electron chi connectivity index (χ3n) is 3.04. The minimum Gasteiger partial charge on any atom is -0.294 e. The van der Waals surface area contributed by atoms with Crippen molar-refractivity contribution < 1.29 is 8.42 Å². The molecule has 0 fully saturated rings. The van der Waals surface area contributed by atoms with Gasteiger partial charge >= 0.3 is 0 Å². The predicted molar refractivity (Wildman–Crippen MR) is 78.3 cm³/mol. The van der Waals surface area contributed by atoms with E-state index < -0.39 is 9.05 Å². The summed E-state index contributed by atoms with van der Waals surface area (Å²) >= 11 is 0. The fraction of sp³-hybridized carbons (Fsp3) is 0.385. The van der Waals surface area contributed by atoms with Crippen LogP contribution in [0.15, 0.2) is 29.4 Å². The van der Waals surface area contributed by atoms with Gasteiger partial charge in [-0.1, -0.05) is 31.2 Å². The summed E-state index contributed by atoms with van der Waals surface area (Å²) in [5.41, 5.74) is 1.96. The number of aryl methyl sites for hydroxylation is 1. The van der Waals surface area contributed by atoms with Gasteiger partial charge in [-0.15, -0.1) is 10.2 Å². The van der Waals surface area contributed by atoms with Crippen molar-refractivity contribution in [1.29, 1.82) is 0 Å². The van der Waals surface area contributed by atoms with E-state index in [1.54, 1.807) is 4.57 Å². The lowest BCUT2D eigenvalue weighted by molar-refractivity contribution is 0.530. The molecule has 2 rings (SSSR count). The molecule has 1 aromatic heterocycles. The molecule has 0 aliphatic carbocycles. The molecule has 0 radical (unpaired) electrons. The molecule has 0 amide bonds. The predicted octanol–water partition coefficient (Wildman–Crippen LogP) is 3.02. The Balaban J connectivity index is 2.73. The maximum absolute atomic E-state index is 11.6. The van der Waals surface area contributed by atoms with E-state index in [1.807, 2.05) is 45.0 Å². The minimum atomic E-state index is -3.92. The second-order valence-corrected chi connectivity index (χ2v) is 7.18. The third-order valence-corrected chi connectivity index (χ3v) is 4.17. The first kappa shape index (κ1) is 15.0. The Morgan fingerprint density at radius 3 is 2.45 bits per heavy atom. The van der Waals surface area contributed by atoms with E-state index in [4.69, 9.17) is 10.7 Å². The van der Waals surface area contributed by atoms with Crippen LogP contribution in [-0.4, -0.2) is 23.2 Å². The molecule has 0 saturated carbocycles. The van der Waals surface area contributed by atoms with Crippen LogP contribution in [0.3, 0.4) is 0 Å². The fourth-order valence-electron chi connectivity index (χ4n) is 2.14. The Labute approximate surface area is 123 Å². The molecule has 0 atom stereocenters. The van der Waals surface area contributed by atoms with Crippen LogP contribution in [0.4, 0.5) is 0 Å². The van der Waals surface area contributed by atoms with Crippen molar-refractivity contribution in [1.82, 2.24) is 14.8 Å². The number of nitrogens with zero attached hydrogens (tertiary/aromatic N) is 3. The monoisotopic (exact) mass is 313 g/mol. The van der Waals surface area contributed by atoms with Gasteiger partial charge in [0.1, 0.15) is 0 Å². The quantitative estimate of drug-likeness (QED) is 0.814. The zero-order chi connectivity index (χ0) is 14.9. The van der Waals surface area contributed by atoms with Crippen molar-refractivity contribution in [2.24, 2.45) is 0 Å². The van der Waals surface area contributed by atoms with Crippen molar-refractivity contribution in [2.75, 3.05) is 0 Å². The highest BCUT2D eigenvalue weighted by Crippen LogP contribution is 2.28. The van der Waals surface area contributed by atoms with Crippen LogP contribution < -0.4 is 0 Å². The third kappa shape index (κ3) is 2.71. The molecule has 2 aromatic rings. The standard InChI is InChI=1S/C13H16ClN3O2S/c1-4-10-7-5-6-8-11(10)12-15-16-13(20(14,18)19)17(12)9(2)3/h5-9H,4H2,1-3H3. The molecule has 0 unspecified atom stereocenters. The van der Waals surface area contributed by atoms with Crippen molar-refractivity contribution in [3.63, 3.8) is 0 Å². The van der Waals surface area contributed by atoms with Gasteiger partial charge in [0.25, 0.3) is 14.2 Å². The first-order valence-electron chi connectivity index (χ1n) is 6.34. The molecule has 1 aromatic carbocycles. The van der Waals surface area contributed by atoms with Gasteiger partial charge in [0.05, 0.1) is 0 Å². The number of halogens is 1. The summed E-state index contributed by atoms with van der Waals surface area (Å²) < 4.78 is 24.8. The lowest BCUT2D eigenvalue weighted by Crippen LogP contribution is -2.10. The lowest BCUT2D eigenvalue weighted by atomic mass is 10.0. The van der Waals surface area contributed by atoms with Crippen LogP contribution in [0.5, 0.6) is 0 Å². The van der Waals surface area contributed by atoms with Gasteiger partial charge in [-0.25, -0.2) is 8.42 Å². The molecule has 0 spiro atoms.